The third kappa shape index (κ3) is 4.05. The molecule has 0 saturated heterocycles. The standard InChI is InChI=1S/C21H18N4O5S/c1-12-13(2)30-21(23-12)25-31(28,29)15-9-7-14(8-10-15)22-11-18-16-5-3-4-6-17(16)19(26)24-20(18)27/h3-11H,1-2H3,(H,23,25)(H2,24,26,27). The van der Waals surface area contributed by atoms with E-state index in [0.29, 0.717) is 33.5 Å². The normalized spacial score (nSPS) is 11.9. The van der Waals surface area contributed by atoms with Crippen molar-refractivity contribution in [2.75, 3.05) is 4.72 Å². The van der Waals surface area contributed by atoms with Crippen LogP contribution in [0.15, 0.2) is 67.6 Å². The summed E-state index contributed by atoms with van der Waals surface area (Å²) in [5, 5.41) is 11.1. The molecule has 0 radical (unpaired) electrons. The lowest BCUT2D eigenvalue weighted by Gasteiger charge is -2.05. The lowest BCUT2D eigenvalue weighted by atomic mass is 10.1. The molecule has 0 saturated carbocycles. The predicted octanol–water partition coefficient (Wildman–Crippen LogP) is 3.39. The van der Waals surface area contributed by atoms with Gasteiger partial charge >= 0.3 is 6.01 Å². The van der Waals surface area contributed by atoms with Crippen LogP contribution in [0.5, 0.6) is 5.88 Å². The van der Waals surface area contributed by atoms with E-state index in [1.165, 1.54) is 30.5 Å². The lowest BCUT2D eigenvalue weighted by Crippen LogP contribution is -2.13. The minimum atomic E-state index is -3.88. The van der Waals surface area contributed by atoms with Gasteiger partial charge in [-0.3, -0.25) is 14.8 Å². The van der Waals surface area contributed by atoms with Gasteiger partial charge in [0.25, 0.3) is 15.6 Å². The molecule has 0 aliphatic heterocycles. The Labute approximate surface area is 177 Å². The number of nitrogens with one attached hydrogen (secondary N) is 2. The molecular formula is C21H18N4O5S. The highest BCUT2D eigenvalue weighted by Crippen LogP contribution is 2.23. The van der Waals surface area contributed by atoms with Gasteiger partial charge in [-0.15, -0.1) is 0 Å². The molecule has 9 nitrogen and oxygen atoms in total. The van der Waals surface area contributed by atoms with Crippen LogP contribution in [0.4, 0.5) is 11.7 Å². The molecule has 4 aromatic rings. The molecule has 0 spiro atoms. The predicted molar refractivity (Wildman–Crippen MR) is 117 cm³/mol. The van der Waals surface area contributed by atoms with Crippen LogP contribution in [-0.2, 0) is 10.0 Å². The van der Waals surface area contributed by atoms with E-state index in [0.717, 1.165) is 0 Å². The van der Waals surface area contributed by atoms with Gasteiger partial charge in [-0.1, -0.05) is 18.2 Å². The molecule has 0 atom stereocenters. The van der Waals surface area contributed by atoms with Crippen molar-refractivity contribution < 1.29 is 17.9 Å². The van der Waals surface area contributed by atoms with Crippen molar-refractivity contribution in [2.45, 2.75) is 18.7 Å². The van der Waals surface area contributed by atoms with Crippen molar-refractivity contribution in [1.29, 1.82) is 0 Å². The number of aromatic amines is 1. The van der Waals surface area contributed by atoms with Gasteiger partial charge in [0.1, 0.15) is 5.76 Å². The van der Waals surface area contributed by atoms with Gasteiger partial charge in [-0.2, -0.15) is 4.98 Å². The van der Waals surface area contributed by atoms with E-state index in [1.54, 1.807) is 38.1 Å². The van der Waals surface area contributed by atoms with Gasteiger partial charge in [0.15, 0.2) is 0 Å². The highest BCUT2D eigenvalue weighted by atomic mass is 32.2. The zero-order chi connectivity index (χ0) is 22.2. The first-order valence-corrected chi connectivity index (χ1v) is 10.7. The maximum absolute atomic E-state index is 12.5. The number of sulfonamides is 1. The van der Waals surface area contributed by atoms with Crippen molar-refractivity contribution >= 4 is 38.7 Å². The van der Waals surface area contributed by atoms with Gasteiger partial charge < -0.3 is 9.52 Å². The zero-order valence-electron chi connectivity index (χ0n) is 16.6. The average Bonchev–Trinajstić information content (AvgIpc) is 3.04. The molecule has 0 unspecified atom stereocenters. The van der Waals surface area contributed by atoms with Crippen LogP contribution >= 0.6 is 0 Å². The maximum Gasteiger partial charge on any atom is 0.309 e. The summed E-state index contributed by atoms with van der Waals surface area (Å²) < 4.78 is 32.6. The van der Waals surface area contributed by atoms with Gasteiger partial charge in [-0.05, 0) is 44.2 Å². The Bertz CT molecular complexity index is 1450. The first-order valence-electron chi connectivity index (χ1n) is 9.19. The molecule has 158 valence electrons. The fourth-order valence-electron chi connectivity index (χ4n) is 2.96. The Morgan fingerprint density at radius 2 is 1.77 bits per heavy atom. The Hall–Kier alpha value is -3.92. The van der Waals surface area contributed by atoms with Crippen molar-refractivity contribution in [3.05, 3.63) is 75.9 Å². The highest BCUT2D eigenvalue weighted by molar-refractivity contribution is 7.92. The van der Waals surface area contributed by atoms with E-state index >= 15 is 0 Å². The fraction of sp³-hybridized carbons (Fsp3) is 0.0952. The number of rotatable bonds is 5. The Kier molecular flexibility index (Phi) is 5.07. The van der Waals surface area contributed by atoms with Crippen LogP contribution in [-0.4, -0.2) is 29.7 Å². The fourth-order valence-corrected chi connectivity index (χ4v) is 3.89. The SMILES string of the molecule is Cc1nc(NS(=O)(=O)c2ccc(N=Cc3c(O)[nH]c(=O)c4ccccc34)cc2)oc1C. The molecule has 0 aliphatic rings. The summed E-state index contributed by atoms with van der Waals surface area (Å²) in [6.45, 7) is 3.41. The second kappa shape index (κ2) is 7.73. The number of benzene rings is 2. The van der Waals surface area contributed by atoms with Crippen molar-refractivity contribution in [3.63, 3.8) is 0 Å². The number of oxazole rings is 1. The lowest BCUT2D eigenvalue weighted by molar-refractivity contribution is 0.452. The quantitative estimate of drug-likeness (QED) is 0.408. The number of aryl methyl sites for hydroxylation is 2. The van der Waals surface area contributed by atoms with Gasteiger partial charge in [0.05, 0.1) is 21.8 Å². The summed E-state index contributed by atoms with van der Waals surface area (Å²) in [6, 6.07) is 12.5. The molecule has 2 heterocycles. The topological polar surface area (TPSA) is 138 Å². The van der Waals surface area contributed by atoms with Crippen LogP contribution in [0.3, 0.4) is 0 Å². The third-order valence-electron chi connectivity index (χ3n) is 4.69. The molecule has 0 aliphatic carbocycles. The molecule has 10 heteroatoms. The van der Waals surface area contributed by atoms with E-state index in [2.05, 4.69) is 19.7 Å². The maximum atomic E-state index is 12.5. The summed E-state index contributed by atoms with van der Waals surface area (Å²) in [5.74, 6) is 0.229. The molecule has 4 rings (SSSR count). The monoisotopic (exact) mass is 438 g/mol. The molecule has 0 bridgehead atoms. The molecule has 0 amide bonds. The first-order chi connectivity index (χ1) is 14.7. The molecule has 2 aromatic heterocycles. The minimum absolute atomic E-state index is 0.0114. The molecule has 2 aromatic carbocycles. The molecule has 0 fully saturated rings. The zero-order valence-corrected chi connectivity index (χ0v) is 17.4. The first kappa shape index (κ1) is 20.4. The number of H-pyrrole nitrogens is 1. The second-order valence-electron chi connectivity index (χ2n) is 6.78. The number of nitrogens with zero attached hydrogens (tertiary/aromatic N) is 2. The molecular weight excluding hydrogens is 420 g/mol. The summed E-state index contributed by atoms with van der Waals surface area (Å²) in [5.41, 5.74) is 1.00. The largest absolute Gasteiger partial charge is 0.494 e. The van der Waals surface area contributed by atoms with E-state index in [9.17, 15) is 18.3 Å². The number of fused-ring (bicyclic) bond motifs is 1. The van der Waals surface area contributed by atoms with Crippen molar-refractivity contribution in [2.24, 2.45) is 4.99 Å². The van der Waals surface area contributed by atoms with E-state index in [1.807, 2.05) is 0 Å². The third-order valence-corrected chi connectivity index (χ3v) is 6.02. The Morgan fingerprint density at radius 3 is 2.42 bits per heavy atom. The van der Waals surface area contributed by atoms with Gasteiger partial charge in [-0.25, -0.2) is 13.1 Å². The van der Waals surface area contributed by atoms with E-state index in [4.69, 9.17) is 4.42 Å². The van der Waals surface area contributed by atoms with Crippen LogP contribution < -0.4 is 10.3 Å². The van der Waals surface area contributed by atoms with Crippen molar-refractivity contribution in [3.8, 4) is 5.88 Å². The average molecular weight is 438 g/mol. The molecule has 3 N–H and O–H groups in total. The van der Waals surface area contributed by atoms with Gasteiger partial charge in [0.2, 0.25) is 5.88 Å². The number of aromatic hydroxyl groups is 1. The minimum Gasteiger partial charge on any atom is -0.494 e. The van der Waals surface area contributed by atoms with Crippen molar-refractivity contribution in [1.82, 2.24) is 9.97 Å². The van der Waals surface area contributed by atoms with E-state index in [-0.39, 0.29) is 16.8 Å². The number of aromatic nitrogens is 2. The molecule has 31 heavy (non-hydrogen) atoms. The van der Waals surface area contributed by atoms with Gasteiger partial charge in [0, 0.05) is 17.0 Å². The summed E-state index contributed by atoms with van der Waals surface area (Å²) in [7, 11) is -3.88. The Morgan fingerprint density at radius 1 is 1.10 bits per heavy atom. The number of pyridine rings is 1. The van der Waals surface area contributed by atoms with Crippen LogP contribution in [0.25, 0.3) is 10.8 Å². The number of aliphatic imine (C=N–C) groups is 1. The Balaban J connectivity index is 1.60. The van der Waals surface area contributed by atoms with Crippen LogP contribution in [0, 0.1) is 13.8 Å². The smallest absolute Gasteiger partial charge is 0.309 e. The van der Waals surface area contributed by atoms with Crippen LogP contribution in [0.1, 0.15) is 17.0 Å². The number of hydrogen-bond donors (Lipinski definition) is 3. The second-order valence-corrected chi connectivity index (χ2v) is 8.46. The highest BCUT2D eigenvalue weighted by Gasteiger charge is 2.18. The van der Waals surface area contributed by atoms with E-state index < -0.39 is 15.6 Å². The summed E-state index contributed by atoms with van der Waals surface area (Å²) in [6.07, 6.45) is 1.41. The summed E-state index contributed by atoms with van der Waals surface area (Å²) >= 11 is 0. The van der Waals surface area contributed by atoms with Crippen LogP contribution in [0.2, 0.25) is 0 Å². The number of hydrogen-bond acceptors (Lipinski definition) is 7. The summed E-state index contributed by atoms with van der Waals surface area (Å²) in [4.78, 5) is 22.7. The number of anilines is 1.